The van der Waals surface area contributed by atoms with Gasteiger partial charge < -0.3 is 10.4 Å². The summed E-state index contributed by atoms with van der Waals surface area (Å²) < 4.78 is 28.6. The van der Waals surface area contributed by atoms with E-state index in [0.29, 0.717) is 16.6 Å². The number of hydrogen-bond acceptors (Lipinski definition) is 3. The van der Waals surface area contributed by atoms with Gasteiger partial charge in [0, 0.05) is 29.8 Å². The first kappa shape index (κ1) is 17.6. The molecule has 0 unspecified atom stereocenters. The van der Waals surface area contributed by atoms with Crippen LogP contribution in [0.1, 0.15) is 21.6 Å². The van der Waals surface area contributed by atoms with Crippen molar-refractivity contribution in [3.63, 3.8) is 0 Å². The number of halogens is 2. The fourth-order valence-corrected chi connectivity index (χ4v) is 2.97. The zero-order valence-corrected chi connectivity index (χ0v) is 14.1. The summed E-state index contributed by atoms with van der Waals surface area (Å²) in [6.45, 7) is 1.62. The molecule has 1 aromatic heterocycles. The van der Waals surface area contributed by atoms with Crippen molar-refractivity contribution in [3.8, 4) is 5.75 Å². The van der Waals surface area contributed by atoms with Crippen molar-refractivity contribution >= 4 is 22.7 Å². The summed E-state index contributed by atoms with van der Waals surface area (Å²) in [4.78, 5) is 24.7. The lowest BCUT2D eigenvalue weighted by Gasteiger charge is -2.08. The van der Waals surface area contributed by atoms with Crippen LogP contribution in [0, 0.1) is 18.6 Å². The highest BCUT2D eigenvalue weighted by molar-refractivity contribution is 6.05. The van der Waals surface area contributed by atoms with Gasteiger partial charge in [0.2, 0.25) is 5.91 Å². The predicted molar refractivity (Wildman–Crippen MR) is 92.2 cm³/mol. The van der Waals surface area contributed by atoms with Gasteiger partial charge in [0.15, 0.2) is 11.6 Å². The number of nitrogens with one attached hydrogen (secondary N) is 1. The van der Waals surface area contributed by atoms with Crippen molar-refractivity contribution in [3.05, 3.63) is 64.9 Å². The van der Waals surface area contributed by atoms with E-state index in [9.17, 15) is 23.5 Å². The molecule has 0 fully saturated rings. The average Bonchev–Trinajstić information content (AvgIpc) is 2.86. The van der Waals surface area contributed by atoms with Crippen LogP contribution in [0.3, 0.4) is 0 Å². The molecule has 1 amide bonds. The zero-order valence-electron chi connectivity index (χ0n) is 14.1. The van der Waals surface area contributed by atoms with Gasteiger partial charge in [-0.1, -0.05) is 6.07 Å². The molecule has 1 heterocycles. The van der Waals surface area contributed by atoms with E-state index >= 15 is 0 Å². The maximum Gasteiger partial charge on any atom is 0.262 e. The summed E-state index contributed by atoms with van der Waals surface area (Å²) in [6.07, 6.45) is -0.0483. The van der Waals surface area contributed by atoms with E-state index < -0.39 is 23.3 Å². The van der Waals surface area contributed by atoms with Crippen LogP contribution < -0.4 is 5.32 Å². The maximum absolute atomic E-state index is 13.9. The molecular formula is C19H16F2N2O3. The number of carbonyl (C=O) groups is 2. The first-order chi connectivity index (χ1) is 12.3. The fraction of sp³-hybridized carbons (Fsp3) is 0.158. The lowest BCUT2D eigenvalue weighted by molar-refractivity contribution is -0.119. The highest BCUT2D eigenvalue weighted by Gasteiger charge is 2.23. The van der Waals surface area contributed by atoms with Crippen LogP contribution in [0.25, 0.3) is 10.9 Å². The molecule has 0 saturated carbocycles. The van der Waals surface area contributed by atoms with Gasteiger partial charge in [0.05, 0.1) is 11.9 Å². The van der Waals surface area contributed by atoms with Crippen LogP contribution in [-0.2, 0) is 11.2 Å². The van der Waals surface area contributed by atoms with Crippen molar-refractivity contribution in [2.75, 3.05) is 7.05 Å². The van der Waals surface area contributed by atoms with Crippen LogP contribution in [0.5, 0.6) is 5.75 Å². The number of likely N-dealkylation sites (N-methyl/N-ethyl adjacent to an activating group) is 1. The molecule has 26 heavy (non-hydrogen) atoms. The number of rotatable bonds is 3. The Hall–Kier alpha value is -3.22. The fourth-order valence-electron chi connectivity index (χ4n) is 2.97. The van der Waals surface area contributed by atoms with E-state index in [-0.39, 0.29) is 23.4 Å². The van der Waals surface area contributed by atoms with Crippen LogP contribution in [-0.4, -0.2) is 28.5 Å². The molecule has 7 heteroatoms. The number of carbonyl (C=O) groups excluding carboxylic acids is 2. The molecule has 3 aromatic rings. The molecule has 3 rings (SSSR count). The van der Waals surface area contributed by atoms with Gasteiger partial charge in [-0.15, -0.1) is 0 Å². The van der Waals surface area contributed by atoms with E-state index in [0.717, 1.165) is 12.1 Å². The van der Waals surface area contributed by atoms with Crippen molar-refractivity contribution in [1.82, 2.24) is 9.88 Å². The Labute approximate surface area is 147 Å². The maximum atomic E-state index is 13.9. The summed E-state index contributed by atoms with van der Waals surface area (Å²) >= 11 is 0. The third-order valence-corrected chi connectivity index (χ3v) is 4.29. The molecule has 0 saturated heterocycles. The molecular weight excluding hydrogens is 342 g/mol. The minimum absolute atomic E-state index is 0.0483. The number of phenols is 1. The first-order valence-corrected chi connectivity index (χ1v) is 7.86. The van der Waals surface area contributed by atoms with Crippen LogP contribution in [0.4, 0.5) is 8.78 Å². The lowest BCUT2D eigenvalue weighted by Crippen LogP contribution is -2.20. The molecule has 0 atom stereocenters. The minimum Gasteiger partial charge on any atom is -0.505 e. The number of amides is 1. The Bertz CT molecular complexity index is 1040. The third kappa shape index (κ3) is 2.92. The van der Waals surface area contributed by atoms with Crippen molar-refractivity contribution in [2.24, 2.45) is 0 Å². The number of hydrogen-bond donors (Lipinski definition) is 2. The van der Waals surface area contributed by atoms with Crippen molar-refractivity contribution in [2.45, 2.75) is 13.3 Å². The van der Waals surface area contributed by atoms with E-state index in [1.54, 1.807) is 6.92 Å². The van der Waals surface area contributed by atoms with Gasteiger partial charge in [-0.2, -0.15) is 0 Å². The quantitative estimate of drug-likeness (QED) is 0.756. The third-order valence-electron chi connectivity index (χ3n) is 4.29. The predicted octanol–water partition coefficient (Wildman–Crippen LogP) is 2.91. The highest BCUT2D eigenvalue weighted by atomic mass is 19.1. The molecule has 5 nitrogen and oxygen atoms in total. The summed E-state index contributed by atoms with van der Waals surface area (Å²) in [7, 11) is 1.48. The van der Waals surface area contributed by atoms with E-state index in [4.69, 9.17) is 0 Å². The van der Waals surface area contributed by atoms with Gasteiger partial charge in [0.25, 0.3) is 5.91 Å². The van der Waals surface area contributed by atoms with Gasteiger partial charge in [-0.3, -0.25) is 14.2 Å². The average molecular weight is 358 g/mol. The summed E-state index contributed by atoms with van der Waals surface area (Å²) in [5, 5.41) is 12.6. The molecule has 0 aliphatic carbocycles. The van der Waals surface area contributed by atoms with E-state index in [1.807, 2.05) is 0 Å². The highest BCUT2D eigenvalue weighted by Crippen LogP contribution is 2.32. The van der Waals surface area contributed by atoms with Gasteiger partial charge in [-0.25, -0.2) is 8.78 Å². The molecule has 2 aromatic carbocycles. The molecule has 134 valence electrons. The number of fused-ring (bicyclic) bond motifs is 1. The molecule has 0 aliphatic rings. The minimum atomic E-state index is -0.894. The number of nitrogens with zero attached hydrogens (tertiary/aromatic N) is 1. The summed E-state index contributed by atoms with van der Waals surface area (Å²) in [5.74, 6) is -2.89. The Kier molecular flexibility index (Phi) is 4.46. The Morgan fingerprint density at radius 2 is 1.92 bits per heavy atom. The SMILES string of the molecule is CNC(=O)Cc1c(C)n(C(=O)c2cccc(F)c2)c2cc(F)c(O)cc12. The zero-order chi connectivity index (χ0) is 19.0. The van der Waals surface area contributed by atoms with Crippen molar-refractivity contribution in [1.29, 1.82) is 0 Å². The van der Waals surface area contributed by atoms with Gasteiger partial charge in [-0.05, 0) is 36.8 Å². The molecule has 0 bridgehead atoms. The van der Waals surface area contributed by atoms with Crippen LogP contribution in [0.2, 0.25) is 0 Å². The Balaban J connectivity index is 2.27. The summed E-state index contributed by atoms with van der Waals surface area (Å²) in [6, 6.07) is 7.37. The Morgan fingerprint density at radius 3 is 2.58 bits per heavy atom. The normalized spacial score (nSPS) is 10.9. The van der Waals surface area contributed by atoms with Crippen molar-refractivity contribution < 1.29 is 23.5 Å². The molecule has 0 spiro atoms. The van der Waals surface area contributed by atoms with Gasteiger partial charge in [0.1, 0.15) is 5.82 Å². The monoisotopic (exact) mass is 358 g/mol. The van der Waals surface area contributed by atoms with E-state index in [1.165, 1.54) is 35.9 Å². The standard InChI is InChI=1S/C19H16F2N2O3/c1-10-13(8-18(25)22-2)14-7-17(24)15(21)9-16(14)23(10)19(26)11-4-3-5-12(20)6-11/h3-7,9,24H,8H2,1-2H3,(H,22,25). The van der Waals surface area contributed by atoms with E-state index in [2.05, 4.69) is 5.32 Å². The number of phenolic OH excluding ortho intramolecular Hbond substituents is 1. The van der Waals surface area contributed by atoms with Gasteiger partial charge >= 0.3 is 0 Å². The molecule has 0 radical (unpaired) electrons. The summed E-state index contributed by atoms with van der Waals surface area (Å²) in [5.41, 5.74) is 1.19. The topological polar surface area (TPSA) is 71.3 Å². The second-order valence-corrected chi connectivity index (χ2v) is 5.89. The first-order valence-electron chi connectivity index (χ1n) is 7.86. The number of benzene rings is 2. The number of aromatic nitrogens is 1. The van der Waals surface area contributed by atoms with Crippen LogP contribution >= 0.6 is 0 Å². The smallest absolute Gasteiger partial charge is 0.262 e. The second-order valence-electron chi connectivity index (χ2n) is 5.89. The number of aromatic hydroxyl groups is 1. The molecule has 2 N–H and O–H groups in total. The Morgan fingerprint density at radius 1 is 1.19 bits per heavy atom. The largest absolute Gasteiger partial charge is 0.505 e. The second kappa shape index (κ2) is 6.59. The molecule has 0 aliphatic heterocycles. The van der Waals surface area contributed by atoms with Crippen LogP contribution in [0.15, 0.2) is 36.4 Å². The lowest BCUT2D eigenvalue weighted by atomic mass is 10.1.